The number of benzene rings is 2. The highest BCUT2D eigenvalue weighted by Gasteiger charge is 2.29. The second-order valence-electron chi connectivity index (χ2n) is 5.52. The average Bonchev–Trinajstić information content (AvgIpc) is 2.63. The molecule has 0 unspecified atom stereocenters. The van der Waals surface area contributed by atoms with Crippen molar-refractivity contribution < 1.29 is 19.2 Å². The van der Waals surface area contributed by atoms with E-state index in [1.807, 2.05) is 0 Å². The summed E-state index contributed by atoms with van der Waals surface area (Å²) in [6.07, 6.45) is 1.81. The first-order chi connectivity index (χ1) is 12.4. The Kier molecular flexibility index (Phi) is 4.98. The van der Waals surface area contributed by atoms with Gasteiger partial charge in [0.05, 0.1) is 11.1 Å². The zero-order valence-electron chi connectivity index (χ0n) is 13.2. The van der Waals surface area contributed by atoms with E-state index in [0.717, 1.165) is 12.2 Å². The third kappa shape index (κ3) is 3.57. The Morgan fingerprint density at radius 2 is 0.885 bits per heavy atom. The van der Waals surface area contributed by atoms with Crippen LogP contribution in [0.3, 0.4) is 0 Å². The fourth-order valence-corrected chi connectivity index (χ4v) is 2.68. The van der Waals surface area contributed by atoms with Crippen LogP contribution in [-0.4, -0.2) is 23.1 Å². The molecule has 26 heavy (non-hydrogen) atoms. The molecule has 0 spiro atoms. The molecule has 0 saturated heterocycles. The summed E-state index contributed by atoms with van der Waals surface area (Å²) in [7, 11) is 0. The maximum Gasteiger partial charge on any atom is 0.197 e. The minimum Gasteiger partial charge on any atom is -0.289 e. The molecule has 0 heterocycles. The molecule has 2 aromatic carbocycles. The van der Waals surface area contributed by atoms with E-state index in [1.54, 1.807) is 0 Å². The van der Waals surface area contributed by atoms with Crippen molar-refractivity contribution in [3.63, 3.8) is 0 Å². The van der Waals surface area contributed by atoms with Gasteiger partial charge in [-0.05, 0) is 48.5 Å². The normalized spacial score (nSPS) is 13.9. The van der Waals surface area contributed by atoms with E-state index in [9.17, 15) is 19.2 Å². The van der Waals surface area contributed by atoms with Crippen LogP contribution in [0.2, 0.25) is 10.0 Å². The van der Waals surface area contributed by atoms with Crippen LogP contribution >= 0.6 is 23.2 Å². The SMILES string of the molecule is O=C1C=C(C(=O)c2ccc(Cl)cc2)C(=O)C=C1C(=O)c1ccc(Cl)cc1. The lowest BCUT2D eigenvalue weighted by molar-refractivity contribution is -0.114. The van der Waals surface area contributed by atoms with Gasteiger partial charge >= 0.3 is 0 Å². The van der Waals surface area contributed by atoms with Gasteiger partial charge in [0.25, 0.3) is 0 Å². The van der Waals surface area contributed by atoms with Crippen molar-refractivity contribution in [1.82, 2.24) is 0 Å². The van der Waals surface area contributed by atoms with Gasteiger partial charge in [-0.1, -0.05) is 23.2 Å². The van der Waals surface area contributed by atoms with Crippen LogP contribution in [-0.2, 0) is 9.59 Å². The molecule has 0 aromatic heterocycles. The maximum atomic E-state index is 12.4. The van der Waals surface area contributed by atoms with Gasteiger partial charge in [0.1, 0.15) is 0 Å². The summed E-state index contributed by atoms with van der Waals surface area (Å²) in [5.74, 6) is -2.59. The molecule has 0 amide bonds. The predicted octanol–water partition coefficient (Wildman–Crippen LogP) is 4.06. The van der Waals surface area contributed by atoms with Crippen molar-refractivity contribution >= 4 is 46.3 Å². The molecule has 6 heteroatoms. The highest BCUT2D eigenvalue weighted by Crippen LogP contribution is 2.21. The minimum atomic E-state index is -0.693. The molecule has 0 radical (unpaired) electrons. The standard InChI is InChI=1S/C20H10Cl2O4/c21-13-5-1-11(2-6-13)19(25)15-9-18(24)16(10-17(15)23)20(26)12-3-7-14(22)8-4-12/h1-10H. The van der Waals surface area contributed by atoms with Gasteiger partial charge in [-0.3, -0.25) is 19.2 Å². The van der Waals surface area contributed by atoms with Gasteiger partial charge in [-0.2, -0.15) is 0 Å². The van der Waals surface area contributed by atoms with Crippen molar-refractivity contribution in [1.29, 1.82) is 0 Å². The van der Waals surface area contributed by atoms with Crippen LogP contribution in [0.15, 0.2) is 71.8 Å². The highest BCUT2D eigenvalue weighted by atomic mass is 35.5. The molecule has 0 saturated carbocycles. The Bertz CT molecular complexity index is 914. The zero-order valence-corrected chi connectivity index (χ0v) is 14.7. The van der Waals surface area contributed by atoms with Gasteiger partial charge in [-0.25, -0.2) is 0 Å². The number of hydrogen-bond donors (Lipinski definition) is 0. The fraction of sp³-hybridized carbons (Fsp3) is 0. The summed E-state index contributed by atoms with van der Waals surface area (Å²) in [6.45, 7) is 0. The van der Waals surface area contributed by atoms with Crippen molar-refractivity contribution in [2.75, 3.05) is 0 Å². The second-order valence-corrected chi connectivity index (χ2v) is 6.39. The van der Waals surface area contributed by atoms with Crippen LogP contribution in [0.1, 0.15) is 20.7 Å². The fourth-order valence-electron chi connectivity index (χ4n) is 2.43. The second kappa shape index (κ2) is 7.20. The maximum absolute atomic E-state index is 12.4. The molecule has 0 atom stereocenters. The molecule has 2 aromatic rings. The predicted molar refractivity (Wildman–Crippen MR) is 97.7 cm³/mol. The number of Topliss-reactive ketones (excluding diaryl/α,β-unsaturated/α-hetero) is 2. The van der Waals surface area contributed by atoms with Crippen molar-refractivity contribution in [2.24, 2.45) is 0 Å². The largest absolute Gasteiger partial charge is 0.289 e. The minimum absolute atomic E-state index is 0.225. The molecular weight excluding hydrogens is 375 g/mol. The molecule has 1 aliphatic carbocycles. The Morgan fingerprint density at radius 3 is 1.19 bits per heavy atom. The van der Waals surface area contributed by atoms with Crippen molar-refractivity contribution in [2.45, 2.75) is 0 Å². The molecule has 0 bridgehead atoms. The molecular formula is C20H10Cl2O4. The topological polar surface area (TPSA) is 68.3 Å². The van der Waals surface area contributed by atoms with E-state index < -0.39 is 23.1 Å². The van der Waals surface area contributed by atoms with Crippen molar-refractivity contribution in [3.8, 4) is 0 Å². The number of rotatable bonds is 4. The molecule has 3 rings (SSSR count). The number of hydrogen-bond acceptors (Lipinski definition) is 4. The summed E-state index contributed by atoms with van der Waals surface area (Å²) >= 11 is 11.5. The molecule has 1 aliphatic rings. The third-order valence-electron chi connectivity index (χ3n) is 3.78. The lowest BCUT2D eigenvalue weighted by Crippen LogP contribution is -2.23. The smallest absolute Gasteiger partial charge is 0.197 e. The zero-order chi connectivity index (χ0) is 18.8. The molecule has 0 N–H and O–H groups in total. The average molecular weight is 385 g/mol. The Balaban J connectivity index is 1.88. The van der Waals surface area contributed by atoms with E-state index in [1.165, 1.54) is 48.5 Å². The first-order valence-electron chi connectivity index (χ1n) is 7.49. The summed E-state index contributed by atoms with van der Waals surface area (Å²) in [5, 5.41) is 0.884. The van der Waals surface area contributed by atoms with E-state index in [-0.39, 0.29) is 22.3 Å². The number of carbonyl (C=O) groups excluding carboxylic acids is 4. The van der Waals surface area contributed by atoms with Gasteiger partial charge in [0.2, 0.25) is 0 Å². The molecule has 128 valence electrons. The summed E-state index contributed by atoms with van der Waals surface area (Å²) < 4.78 is 0. The summed E-state index contributed by atoms with van der Waals surface area (Å²) in [4.78, 5) is 49.5. The van der Waals surface area contributed by atoms with E-state index in [4.69, 9.17) is 23.2 Å². The Morgan fingerprint density at radius 1 is 0.577 bits per heavy atom. The number of ketones is 4. The van der Waals surface area contributed by atoms with Crippen LogP contribution in [0, 0.1) is 0 Å². The number of halogens is 2. The Labute approximate surface area is 158 Å². The van der Waals surface area contributed by atoms with E-state index in [2.05, 4.69) is 0 Å². The van der Waals surface area contributed by atoms with Crippen molar-refractivity contribution in [3.05, 3.63) is 93.0 Å². The van der Waals surface area contributed by atoms with Crippen LogP contribution in [0.4, 0.5) is 0 Å². The lowest BCUT2D eigenvalue weighted by Gasteiger charge is -2.11. The van der Waals surface area contributed by atoms with Crippen LogP contribution in [0.5, 0.6) is 0 Å². The van der Waals surface area contributed by atoms with E-state index in [0.29, 0.717) is 10.0 Å². The van der Waals surface area contributed by atoms with Crippen LogP contribution in [0.25, 0.3) is 0 Å². The quantitative estimate of drug-likeness (QED) is 0.452. The first kappa shape index (κ1) is 18.0. The van der Waals surface area contributed by atoms with Gasteiger partial charge in [0.15, 0.2) is 23.1 Å². The Hall–Kier alpha value is -2.82. The lowest BCUT2D eigenvalue weighted by atomic mass is 9.88. The monoisotopic (exact) mass is 384 g/mol. The van der Waals surface area contributed by atoms with Gasteiger partial charge in [-0.15, -0.1) is 0 Å². The number of carbonyl (C=O) groups is 4. The molecule has 0 aliphatic heterocycles. The molecule has 0 fully saturated rings. The highest BCUT2D eigenvalue weighted by molar-refractivity contribution is 6.41. The molecule has 4 nitrogen and oxygen atoms in total. The number of allylic oxidation sites excluding steroid dienone is 4. The van der Waals surface area contributed by atoms with Gasteiger partial charge in [0, 0.05) is 33.3 Å². The van der Waals surface area contributed by atoms with E-state index >= 15 is 0 Å². The van der Waals surface area contributed by atoms with Crippen LogP contribution < -0.4 is 0 Å². The van der Waals surface area contributed by atoms with Gasteiger partial charge < -0.3 is 0 Å². The third-order valence-corrected chi connectivity index (χ3v) is 4.29. The summed E-state index contributed by atoms with van der Waals surface area (Å²) in [6, 6.07) is 11.9. The summed E-state index contributed by atoms with van der Waals surface area (Å²) in [5.41, 5.74) is -0.125. The first-order valence-corrected chi connectivity index (χ1v) is 8.25.